The average molecular weight is 371 g/mol. The van der Waals surface area contributed by atoms with Gasteiger partial charge in [0.25, 0.3) is 0 Å². The Morgan fingerprint density at radius 1 is 1.43 bits per heavy atom. The largest absolute Gasteiger partial charge is 0.497 e. The first kappa shape index (κ1) is 16.4. The molecule has 0 fully saturated rings. The smallest absolute Gasteiger partial charge is 0.119 e. The number of halogens is 1. The van der Waals surface area contributed by atoms with E-state index in [-0.39, 0.29) is 6.04 Å². The third-order valence-corrected chi connectivity index (χ3v) is 4.91. The van der Waals surface area contributed by atoms with Crippen LogP contribution in [0, 0.1) is 0 Å². The Hall–Kier alpha value is -1.02. The van der Waals surface area contributed by atoms with Crippen molar-refractivity contribution in [2.45, 2.75) is 32.2 Å². The van der Waals surface area contributed by atoms with Crippen LogP contribution in [0.15, 0.2) is 22.7 Å². The van der Waals surface area contributed by atoms with Gasteiger partial charge in [-0.3, -0.25) is 11.3 Å². The maximum Gasteiger partial charge on any atom is 0.119 e. The van der Waals surface area contributed by atoms with Crippen molar-refractivity contribution in [1.29, 1.82) is 0 Å². The van der Waals surface area contributed by atoms with Crippen LogP contribution in [-0.4, -0.2) is 16.7 Å². The molecule has 2 aromatic rings. The van der Waals surface area contributed by atoms with Gasteiger partial charge < -0.3 is 4.74 Å². The number of nitrogens with one attached hydrogen (secondary N) is 1. The Morgan fingerprint density at radius 3 is 2.81 bits per heavy atom. The van der Waals surface area contributed by atoms with Crippen LogP contribution < -0.4 is 16.0 Å². The van der Waals surface area contributed by atoms with Crippen molar-refractivity contribution in [3.05, 3.63) is 38.8 Å². The van der Waals surface area contributed by atoms with Crippen LogP contribution in [0.4, 0.5) is 0 Å². The highest BCUT2D eigenvalue weighted by atomic mass is 79.9. The number of rotatable bonds is 6. The molecule has 1 heterocycles. The molecule has 0 amide bonds. The number of nitrogens with two attached hydrogens (primary N) is 1. The second kappa shape index (κ2) is 7.31. The molecule has 7 heteroatoms. The van der Waals surface area contributed by atoms with Crippen molar-refractivity contribution in [1.82, 2.24) is 15.0 Å². The highest BCUT2D eigenvalue weighted by Gasteiger charge is 2.21. The zero-order valence-electron chi connectivity index (χ0n) is 12.3. The fourth-order valence-corrected chi connectivity index (χ4v) is 3.40. The summed E-state index contributed by atoms with van der Waals surface area (Å²) in [5, 5.41) is 4.22. The lowest BCUT2D eigenvalue weighted by molar-refractivity contribution is 0.413. The first-order chi connectivity index (χ1) is 10.1. The monoisotopic (exact) mass is 370 g/mol. The lowest BCUT2D eigenvalue weighted by atomic mass is 10.0. The number of benzene rings is 1. The third-order valence-electron chi connectivity index (χ3n) is 3.28. The van der Waals surface area contributed by atoms with Crippen molar-refractivity contribution in [2.24, 2.45) is 5.84 Å². The molecule has 0 bridgehead atoms. The molecule has 1 atom stereocenters. The molecular formula is C14H19BrN4OS. The lowest BCUT2D eigenvalue weighted by Crippen LogP contribution is -2.30. The summed E-state index contributed by atoms with van der Waals surface area (Å²) in [6.45, 7) is 4.21. The van der Waals surface area contributed by atoms with Gasteiger partial charge in [-0.1, -0.05) is 34.3 Å². The zero-order chi connectivity index (χ0) is 15.4. The molecular weight excluding hydrogens is 352 g/mol. The summed E-state index contributed by atoms with van der Waals surface area (Å²) in [5.41, 5.74) is 5.01. The SMILES string of the molecule is COc1ccc(Br)c(CC(NN)c2snnc2C(C)C)c1. The number of nitrogens with zero attached hydrogens (tertiary/aromatic N) is 2. The predicted molar refractivity (Wildman–Crippen MR) is 88.5 cm³/mol. The fraction of sp³-hybridized carbons (Fsp3) is 0.429. The van der Waals surface area contributed by atoms with Gasteiger partial charge >= 0.3 is 0 Å². The van der Waals surface area contributed by atoms with Gasteiger partial charge in [0.05, 0.1) is 23.7 Å². The second-order valence-electron chi connectivity index (χ2n) is 5.06. The van der Waals surface area contributed by atoms with Crippen molar-refractivity contribution in [3.8, 4) is 5.75 Å². The number of hydrogen-bond donors (Lipinski definition) is 2. The van der Waals surface area contributed by atoms with Crippen LogP contribution in [0.25, 0.3) is 0 Å². The molecule has 21 heavy (non-hydrogen) atoms. The fourth-order valence-electron chi connectivity index (χ4n) is 2.13. The van der Waals surface area contributed by atoms with Gasteiger partial charge in [-0.05, 0) is 47.6 Å². The van der Waals surface area contributed by atoms with Crippen LogP contribution in [-0.2, 0) is 6.42 Å². The maximum atomic E-state index is 5.76. The first-order valence-electron chi connectivity index (χ1n) is 6.67. The molecule has 0 radical (unpaired) electrons. The number of hydrogen-bond acceptors (Lipinski definition) is 6. The number of ether oxygens (including phenoxy) is 1. The first-order valence-corrected chi connectivity index (χ1v) is 8.24. The number of aromatic nitrogens is 2. The summed E-state index contributed by atoms with van der Waals surface area (Å²) in [7, 11) is 1.66. The van der Waals surface area contributed by atoms with Gasteiger partial charge in [-0.15, -0.1) is 5.10 Å². The van der Waals surface area contributed by atoms with E-state index in [4.69, 9.17) is 10.6 Å². The van der Waals surface area contributed by atoms with E-state index in [2.05, 4.69) is 44.8 Å². The number of methoxy groups -OCH3 is 1. The topological polar surface area (TPSA) is 73.1 Å². The minimum Gasteiger partial charge on any atom is -0.497 e. The van der Waals surface area contributed by atoms with Crippen LogP contribution in [0.2, 0.25) is 0 Å². The highest BCUT2D eigenvalue weighted by molar-refractivity contribution is 9.10. The molecule has 1 unspecified atom stereocenters. The minimum atomic E-state index is -0.0224. The van der Waals surface area contributed by atoms with Crippen LogP contribution in [0.5, 0.6) is 5.75 Å². The molecule has 2 rings (SSSR count). The summed E-state index contributed by atoms with van der Waals surface area (Å²) in [4.78, 5) is 1.09. The van der Waals surface area contributed by atoms with Crippen LogP contribution in [0.1, 0.15) is 41.9 Å². The molecule has 3 N–H and O–H groups in total. The van der Waals surface area contributed by atoms with E-state index in [0.29, 0.717) is 5.92 Å². The average Bonchev–Trinajstić information content (AvgIpc) is 2.96. The summed E-state index contributed by atoms with van der Waals surface area (Å²) in [6.07, 6.45) is 0.734. The Bertz CT molecular complexity index is 602. The Labute approximate surface area is 137 Å². The van der Waals surface area contributed by atoms with Gasteiger partial charge in [0.15, 0.2) is 0 Å². The predicted octanol–water partition coefficient (Wildman–Crippen LogP) is 3.18. The molecule has 0 saturated carbocycles. The molecule has 0 saturated heterocycles. The van der Waals surface area contributed by atoms with E-state index >= 15 is 0 Å². The van der Waals surface area contributed by atoms with E-state index in [0.717, 1.165) is 32.8 Å². The third kappa shape index (κ3) is 3.79. The van der Waals surface area contributed by atoms with E-state index < -0.39 is 0 Å². The summed E-state index contributed by atoms with van der Waals surface area (Å²) in [6, 6.07) is 5.89. The molecule has 0 aliphatic carbocycles. The maximum absolute atomic E-state index is 5.76. The van der Waals surface area contributed by atoms with E-state index in [1.54, 1.807) is 7.11 Å². The Kier molecular flexibility index (Phi) is 5.69. The molecule has 114 valence electrons. The molecule has 0 aliphatic rings. The summed E-state index contributed by atoms with van der Waals surface area (Å²) >= 11 is 4.97. The van der Waals surface area contributed by atoms with E-state index in [9.17, 15) is 0 Å². The minimum absolute atomic E-state index is 0.0224. The quantitative estimate of drug-likeness (QED) is 0.603. The molecule has 0 spiro atoms. The molecule has 5 nitrogen and oxygen atoms in total. The van der Waals surface area contributed by atoms with Crippen molar-refractivity contribution in [3.63, 3.8) is 0 Å². The van der Waals surface area contributed by atoms with E-state index in [1.165, 1.54) is 11.5 Å². The van der Waals surface area contributed by atoms with Crippen molar-refractivity contribution < 1.29 is 4.74 Å². The van der Waals surface area contributed by atoms with Crippen molar-refractivity contribution in [2.75, 3.05) is 7.11 Å². The van der Waals surface area contributed by atoms with Gasteiger partial charge in [-0.2, -0.15) is 0 Å². The highest BCUT2D eigenvalue weighted by Crippen LogP contribution is 2.31. The molecule has 0 aliphatic heterocycles. The van der Waals surface area contributed by atoms with Gasteiger partial charge in [0.2, 0.25) is 0 Å². The Balaban J connectivity index is 2.29. The summed E-state index contributed by atoms with van der Waals surface area (Å²) < 4.78 is 10.4. The second-order valence-corrected chi connectivity index (χ2v) is 6.70. The van der Waals surface area contributed by atoms with Gasteiger partial charge in [0, 0.05) is 4.47 Å². The van der Waals surface area contributed by atoms with E-state index in [1.807, 2.05) is 18.2 Å². The Morgan fingerprint density at radius 2 is 2.19 bits per heavy atom. The number of hydrazine groups is 1. The molecule has 1 aromatic carbocycles. The summed E-state index contributed by atoms with van der Waals surface area (Å²) in [5.74, 6) is 6.91. The molecule has 1 aromatic heterocycles. The standard InChI is InChI=1S/C14H19BrN4OS/c1-8(2)13-14(21-19-18-13)12(17-16)7-9-6-10(20-3)4-5-11(9)15/h4-6,8,12,17H,7,16H2,1-3H3. The van der Waals surface area contributed by atoms with Crippen molar-refractivity contribution >= 4 is 27.5 Å². The van der Waals surface area contributed by atoms with Gasteiger partial charge in [-0.25, -0.2) is 0 Å². The normalized spacial score (nSPS) is 12.7. The van der Waals surface area contributed by atoms with Crippen LogP contribution >= 0.6 is 27.5 Å². The lowest BCUT2D eigenvalue weighted by Gasteiger charge is -2.17. The van der Waals surface area contributed by atoms with Gasteiger partial charge in [0.1, 0.15) is 5.75 Å². The van der Waals surface area contributed by atoms with Crippen LogP contribution in [0.3, 0.4) is 0 Å². The zero-order valence-corrected chi connectivity index (χ0v) is 14.7.